The van der Waals surface area contributed by atoms with Crippen molar-refractivity contribution in [3.63, 3.8) is 0 Å². The SMILES string of the molecule is CC(C)(C)[Si](C#C/C=C\C#C[Si](C)(C)C)(c1ccccc1)c1ccccc1. The highest BCUT2D eigenvalue weighted by Gasteiger charge is 2.46. The Labute approximate surface area is 167 Å². The van der Waals surface area contributed by atoms with Crippen molar-refractivity contribution in [2.24, 2.45) is 0 Å². The van der Waals surface area contributed by atoms with Crippen molar-refractivity contribution in [3.05, 3.63) is 72.8 Å². The normalized spacial score (nSPS) is 12.1. The molecule has 0 saturated carbocycles. The quantitative estimate of drug-likeness (QED) is 0.502. The fourth-order valence-corrected chi connectivity index (χ4v) is 8.16. The molecule has 0 amide bonds. The Morgan fingerprint density at radius 1 is 0.667 bits per heavy atom. The maximum Gasteiger partial charge on any atom is 0.204 e. The van der Waals surface area contributed by atoms with Gasteiger partial charge in [-0.3, -0.25) is 0 Å². The number of hydrogen-bond donors (Lipinski definition) is 0. The molecule has 0 aliphatic heterocycles. The molecule has 2 rings (SSSR count). The van der Waals surface area contributed by atoms with E-state index < -0.39 is 16.1 Å². The van der Waals surface area contributed by atoms with Crippen LogP contribution >= 0.6 is 0 Å². The van der Waals surface area contributed by atoms with Gasteiger partial charge in [-0.2, -0.15) is 0 Å². The lowest BCUT2D eigenvalue weighted by molar-refractivity contribution is 0.740. The van der Waals surface area contributed by atoms with Crippen molar-refractivity contribution in [1.82, 2.24) is 0 Å². The summed E-state index contributed by atoms with van der Waals surface area (Å²) >= 11 is 0. The number of hydrogen-bond acceptors (Lipinski definition) is 0. The lowest BCUT2D eigenvalue weighted by atomic mass is 10.2. The molecule has 0 radical (unpaired) electrons. The van der Waals surface area contributed by atoms with Crippen LogP contribution < -0.4 is 10.4 Å². The maximum atomic E-state index is 3.75. The highest BCUT2D eigenvalue weighted by atomic mass is 28.3. The predicted molar refractivity (Wildman–Crippen MR) is 126 cm³/mol. The average Bonchev–Trinajstić information content (AvgIpc) is 2.61. The lowest BCUT2D eigenvalue weighted by Crippen LogP contribution is -2.63. The second-order valence-corrected chi connectivity index (χ2v) is 18.0. The number of allylic oxidation sites excluding steroid dienone is 2. The second kappa shape index (κ2) is 8.61. The van der Waals surface area contributed by atoms with E-state index in [1.54, 1.807) is 0 Å². The third kappa shape index (κ3) is 5.36. The van der Waals surface area contributed by atoms with Crippen molar-refractivity contribution in [3.8, 4) is 22.9 Å². The Bertz CT molecular complexity index is 848. The van der Waals surface area contributed by atoms with Crippen molar-refractivity contribution < 1.29 is 0 Å². The van der Waals surface area contributed by atoms with Crippen LogP contribution in [0.15, 0.2) is 72.8 Å². The molecule has 2 aromatic carbocycles. The first-order valence-corrected chi connectivity index (χ1v) is 15.0. The van der Waals surface area contributed by atoms with Crippen molar-refractivity contribution in [1.29, 1.82) is 0 Å². The summed E-state index contributed by atoms with van der Waals surface area (Å²) in [5, 5.41) is 2.77. The van der Waals surface area contributed by atoms with Crippen LogP contribution in [-0.2, 0) is 0 Å². The lowest BCUT2D eigenvalue weighted by Gasteiger charge is -2.39. The van der Waals surface area contributed by atoms with Gasteiger partial charge in [-0.25, -0.2) is 0 Å². The largest absolute Gasteiger partial charge is 0.204 e. The summed E-state index contributed by atoms with van der Waals surface area (Å²) in [6, 6.07) is 21.6. The maximum absolute atomic E-state index is 3.75. The van der Waals surface area contributed by atoms with Gasteiger partial charge in [0.15, 0.2) is 0 Å². The van der Waals surface area contributed by atoms with Crippen molar-refractivity contribution >= 4 is 26.5 Å². The zero-order valence-electron chi connectivity index (χ0n) is 17.4. The molecule has 0 fully saturated rings. The van der Waals surface area contributed by atoms with E-state index in [0.717, 1.165) is 0 Å². The van der Waals surface area contributed by atoms with Crippen LogP contribution in [0.5, 0.6) is 0 Å². The van der Waals surface area contributed by atoms with Crippen LogP contribution in [-0.4, -0.2) is 16.1 Å². The molecule has 0 aliphatic carbocycles. The first-order chi connectivity index (χ1) is 12.7. The highest BCUT2D eigenvalue weighted by Crippen LogP contribution is 2.35. The summed E-state index contributed by atoms with van der Waals surface area (Å²) in [7, 11) is -3.64. The van der Waals surface area contributed by atoms with Gasteiger partial charge < -0.3 is 0 Å². The first-order valence-electron chi connectivity index (χ1n) is 9.48. The number of rotatable bonds is 2. The molecule has 0 heterocycles. The Morgan fingerprint density at radius 2 is 1.07 bits per heavy atom. The van der Waals surface area contributed by atoms with E-state index in [0.29, 0.717) is 0 Å². The van der Waals surface area contributed by atoms with E-state index in [-0.39, 0.29) is 5.04 Å². The first kappa shape index (κ1) is 21.0. The molecule has 2 heteroatoms. The minimum absolute atomic E-state index is 0.0561. The van der Waals surface area contributed by atoms with Crippen molar-refractivity contribution in [2.75, 3.05) is 0 Å². The van der Waals surface area contributed by atoms with E-state index >= 15 is 0 Å². The van der Waals surface area contributed by atoms with Gasteiger partial charge in [0.05, 0.1) is 0 Å². The van der Waals surface area contributed by atoms with Crippen LogP contribution in [0.25, 0.3) is 0 Å². The molecule has 138 valence electrons. The van der Waals surface area contributed by atoms with E-state index in [2.05, 4.69) is 124 Å². The van der Waals surface area contributed by atoms with Crippen LogP contribution in [0, 0.1) is 22.9 Å². The summed E-state index contributed by atoms with van der Waals surface area (Å²) in [6.45, 7) is 13.7. The molecule has 27 heavy (non-hydrogen) atoms. The molecule has 0 aliphatic rings. The molecule has 0 unspecified atom stereocenters. The van der Waals surface area contributed by atoms with E-state index in [4.69, 9.17) is 0 Å². The van der Waals surface area contributed by atoms with Gasteiger partial charge in [-0.1, -0.05) is 113 Å². The molecule has 0 N–H and O–H groups in total. The fraction of sp³-hybridized carbons (Fsp3) is 0.280. The Balaban J connectivity index is 2.59. The topological polar surface area (TPSA) is 0 Å². The molecule has 0 spiro atoms. The third-order valence-corrected chi connectivity index (χ3v) is 10.6. The molecule has 0 bridgehead atoms. The minimum Gasteiger partial charge on any atom is -0.127 e. The molecular formula is C25H30Si2. The predicted octanol–water partition coefficient (Wildman–Crippen LogP) is 5.03. The van der Waals surface area contributed by atoms with Gasteiger partial charge in [0.2, 0.25) is 8.07 Å². The van der Waals surface area contributed by atoms with Gasteiger partial charge in [-0.15, -0.1) is 11.1 Å². The highest BCUT2D eigenvalue weighted by molar-refractivity contribution is 7.10. The van der Waals surface area contributed by atoms with Crippen molar-refractivity contribution in [2.45, 2.75) is 45.5 Å². The summed E-state index contributed by atoms with van der Waals surface area (Å²) in [6.07, 6.45) is 3.83. The van der Waals surface area contributed by atoms with Crippen LogP contribution in [0.2, 0.25) is 24.7 Å². The summed E-state index contributed by atoms with van der Waals surface area (Å²) in [5.74, 6) is 6.53. The minimum atomic E-state index is -2.30. The molecule has 0 aromatic heterocycles. The van der Waals surface area contributed by atoms with E-state index in [9.17, 15) is 0 Å². The molecule has 2 aromatic rings. The van der Waals surface area contributed by atoms with Gasteiger partial charge in [0.1, 0.15) is 8.07 Å². The summed E-state index contributed by atoms with van der Waals surface area (Å²) in [5.41, 5.74) is 7.11. The Morgan fingerprint density at radius 3 is 1.44 bits per heavy atom. The third-order valence-electron chi connectivity index (χ3n) is 4.50. The van der Waals surface area contributed by atoms with Crippen LogP contribution in [0.4, 0.5) is 0 Å². The smallest absolute Gasteiger partial charge is 0.127 e. The molecule has 0 saturated heterocycles. The van der Waals surface area contributed by atoms with E-state index in [1.807, 2.05) is 12.2 Å². The summed E-state index contributed by atoms with van der Waals surface area (Å²) < 4.78 is 0. The number of benzene rings is 2. The van der Waals surface area contributed by atoms with Gasteiger partial charge >= 0.3 is 0 Å². The average molecular weight is 387 g/mol. The molecule has 0 atom stereocenters. The van der Waals surface area contributed by atoms with Gasteiger partial charge in [0, 0.05) is 0 Å². The molecular weight excluding hydrogens is 356 g/mol. The zero-order valence-corrected chi connectivity index (χ0v) is 19.4. The summed E-state index contributed by atoms with van der Waals surface area (Å²) in [4.78, 5) is 0. The van der Waals surface area contributed by atoms with Crippen LogP contribution in [0.3, 0.4) is 0 Å². The van der Waals surface area contributed by atoms with Gasteiger partial charge in [0.25, 0.3) is 0 Å². The monoisotopic (exact) mass is 386 g/mol. The van der Waals surface area contributed by atoms with E-state index in [1.165, 1.54) is 10.4 Å². The second-order valence-electron chi connectivity index (χ2n) is 8.85. The zero-order chi connectivity index (χ0) is 20.0. The van der Waals surface area contributed by atoms with Gasteiger partial charge in [-0.05, 0) is 27.6 Å². The Kier molecular flexibility index (Phi) is 6.71. The standard InChI is InChI=1S/C25H30Si2/c1-25(2,3)27(23-17-11-9-12-18-23,24-19-13-10-14-20-24)22-16-8-7-15-21-26(4,5)6/h7-14,17-20H,1-6H3/b8-7-. The fourth-order valence-electron chi connectivity index (χ4n) is 3.23. The Hall–Kier alpha value is -2.27. The molecule has 0 nitrogen and oxygen atoms in total. The van der Waals surface area contributed by atoms with Crippen LogP contribution in [0.1, 0.15) is 20.8 Å².